The molecule has 5 aliphatic heterocycles. The van der Waals surface area contributed by atoms with Gasteiger partial charge >= 0.3 is 5.97 Å². The van der Waals surface area contributed by atoms with Gasteiger partial charge in [0, 0.05) is 17.9 Å². The third-order valence-electron chi connectivity index (χ3n) is 10.7. The van der Waals surface area contributed by atoms with E-state index in [4.69, 9.17) is 44.5 Å². The highest BCUT2D eigenvalue weighted by Gasteiger charge is 2.38. The van der Waals surface area contributed by atoms with E-state index in [1.165, 1.54) is 51.3 Å². The lowest BCUT2D eigenvalue weighted by Gasteiger charge is -2.25. The van der Waals surface area contributed by atoms with Crippen molar-refractivity contribution in [2.24, 2.45) is 0 Å². The summed E-state index contributed by atoms with van der Waals surface area (Å²) in [5, 5.41) is 9.63. The fourth-order valence-electron chi connectivity index (χ4n) is 8.19. The molecule has 5 aliphatic rings. The molecule has 0 unspecified atom stereocenters. The van der Waals surface area contributed by atoms with E-state index in [9.17, 15) is 9.90 Å². The second-order valence-electron chi connectivity index (χ2n) is 14.2. The number of para-hydroxylation sites is 1. The van der Waals surface area contributed by atoms with E-state index in [1.54, 1.807) is 22.7 Å². The normalized spacial score (nSPS) is 16.1. The SMILES string of the molecule is [C-]#[N+]C(=Cc1sc(-c2sc(-c3sc(-c4sc(-c5ccc6c(c5)CCc5ccccc5N6CC)c5c4OCCO5)c4c3OCCO4)c3c2OCCO3)c2c1OCCO2)C(=O)O. The number of aliphatic carboxylic acids is 1. The van der Waals surface area contributed by atoms with Crippen molar-refractivity contribution >= 4 is 68.8 Å². The first-order valence-electron chi connectivity index (χ1n) is 19.5. The van der Waals surface area contributed by atoms with Gasteiger partial charge in [-0.05, 0) is 60.7 Å². The minimum absolute atomic E-state index is 0.293. The van der Waals surface area contributed by atoms with E-state index in [2.05, 4.69) is 59.1 Å². The fraction of sp³-hybridized carbons (Fsp3) is 0.273. The van der Waals surface area contributed by atoms with Crippen LogP contribution < -0.4 is 42.8 Å². The number of thiophene rings is 4. The number of fused-ring (bicyclic) bond motifs is 6. The molecule has 4 aromatic heterocycles. The van der Waals surface area contributed by atoms with Crippen molar-refractivity contribution in [3.8, 4) is 85.7 Å². The van der Waals surface area contributed by atoms with Gasteiger partial charge in [-0.25, -0.2) is 4.85 Å². The van der Waals surface area contributed by atoms with Gasteiger partial charge in [0.2, 0.25) is 0 Å². The van der Waals surface area contributed by atoms with Gasteiger partial charge in [0.1, 0.15) is 52.9 Å². The molecule has 2 aromatic carbocycles. The number of carbonyl (C=O) groups is 1. The van der Waals surface area contributed by atoms with E-state index in [0.717, 1.165) is 60.0 Å². The fourth-order valence-corrected chi connectivity index (χ4v) is 13.3. The number of rotatable bonds is 7. The lowest BCUT2D eigenvalue weighted by molar-refractivity contribution is -0.132. The maximum Gasteiger partial charge on any atom is 0.333 e. The molecule has 0 atom stereocenters. The molecule has 304 valence electrons. The van der Waals surface area contributed by atoms with Crippen molar-refractivity contribution in [1.29, 1.82) is 0 Å². The van der Waals surface area contributed by atoms with Crippen LogP contribution >= 0.6 is 45.3 Å². The molecule has 0 amide bonds. The Bertz CT molecular complexity index is 2810. The summed E-state index contributed by atoms with van der Waals surface area (Å²) in [6.45, 7) is 13.4. The van der Waals surface area contributed by atoms with Crippen LogP contribution in [0.25, 0.3) is 50.6 Å². The number of nitrogens with zero attached hydrogens (tertiary/aromatic N) is 2. The summed E-state index contributed by atoms with van der Waals surface area (Å²) in [5.74, 6) is 3.39. The lowest BCUT2D eigenvalue weighted by Crippen LogP contribution is -2.17. The Morgan fingerprint density at radius 3 is 1.57 bits per heavy atom. The molecule has 11 rings (SSSR count). The first kappa shape index (κ1) is 37.2. The number of hydrogen-bond donors (Lipinski definition) is 1. The van der Waals surface area contributed by atoms with Crippen molar-refractivity contribution in [1.82, 2.24) is 0 Å². The van der Waals surface area contributed by atoms with Gasteiger partial charge in [-0.15, -0.1) is 45.3 Å². The Morgan fingerprint density at radius 2 is 1.05 bits per heavy atom. The molecule has 0 bridgehead atoms. The third-order valence-corrected chi connectivity index (χ3v) is 15.8. The summed E-state index contributed by atoms with van der Waals surface area (Å²) in [6, 6.07) is 15.4. The van der Waals surface area contributed by atoms with Crippen LogP contribution in [0.4, 0.5) is 11.4 Å². The predicted molar refractivity (Wildman–Crippen MR) is 232 cm³/mol. The van der Waals surface area contributed by atoms with Crippen molar-refractivity contribution in [3.63, 3.8) is 0 Å². The van der Waals surface area contributed by atoms with E-state index in [1.807, 2.05) is 0 Å². The van der Waals surface area contributed by atoms with Crippen molar-refractivity contribution < 1.29 is 47.8 Å². The summed E-state index contributed by atoms with van der Waals surface area (Å²) in [4.78, 5) is 23.7. The Labute approximate surface area is 360 Å². The molecule has 0 saturated heterocycles. The summed E-state index contributed by atoms with van der Waals surface area (Å²) in [5.41, 5.74) is 5.79. The molecule has 0 aliphatic carbocycles. The average molecular weight is 879 g/mol. The zero-order valence-electron chi connectivity index (χ0n) is 32.0. The van der Waals surface area contributed by atoms with Gasteiger partial charge in [0.15, 0.2) is 46.0 Å². The minimum atomic E-state index is -1.32. The summed E-state index contributed by atoms with van der Waals surface area (Å²) in [7, 11) is 0. The average Bonchev–Trinajstić information content (AvgIpc) is 4.04. The summed E-state index contributed by atoms with van der Waals surface area (Å²) >= 11 is 5.93. The van der Waals surface area contributed by atoms with Gasteiger partial charge < -0.3 is 47.9 Å². The van der Waals surface area contributed by atoms with Crippen LogP contribution in [0.2, 0.25) is 0 Å². The van der Waals surface area contributed by atoms with Crippen LogP contribution in [-0.2, 0) is 17.6 Å². The van der Waals surface area contributed by atoms with Crippen molar-refractivity contribution in [3.05, 3.63) is 75.6 Å². The van der Waals surface area contributed by atoms with E-state index < -0.39 is 11.7 Å². The molecule has 0 saturated carbocycles. The molecule has 12 nitrogen and oxygen atoms in total. The van der Waals surface area contributed by atoms with Crippen LogP contribution in [0.5, 0.6) is 46.0 Å². The Hall–Kier alpha value is -5.86. The Kier molecular flexibility index (Phi) is 9.29. The first-order valence-corrected chi connectivity index (χ1v) is 22.8. The quantitative estimate of drug-likeness (QED) is 0.122. The van der Waals surface area contributed by atoms with Crippen molar-refractivity contribution in [2.75, 3.05) is 64.3 Å². The number of carboxylic acids is 1. The van der Waals surface area contributed by atoms with E-state index in [0.29, 0.717) is 103 Å². The van der Waals surface area contributed by atoms with Crippen LogP contribution in [0.15, 0.2) is 48.2 Å². The monoisotopic (exact) mass is 878 g/mol. The highest BCUT2D eigenvalue weighted by Crippen LogP contribution is 2.66. The Morgan fingerprint density at radius 1 is 0.617 bits per heavy atom. The zero-order valence-corrected chi connectivity index (χ0v) is 35.3. The largest absolute Gasteiger partial charge is 0.486 e. The maximum absolute atomic E-state index is 11.8. The first-order chi connectivity index (χ1) is 29.5. The zero-order chi connectivity index (χ0) is 40.5. The van der Waals surface area contributed by atoms with Crippen LogP contribution in [0, 0.1) is 6.57 Å². The standard InChI is InChI=1S/C44H34N2O10S4/c1-3-46-26-7-5-4-6-22(26)8-9-23-20-24(10-11-27(23)46)37-31-32(52-15-14-51-31)40(58-37)41-35-36(56-19-18-55-35)43(60-41)42-34-33(53-16-17-54-34)39(59-42)38-30-29(49-12-13-50-30)28(57-38)21-25(45-2)44(47)48/h4-7,10-11,20-21H,3,8-9,12-19H2,1H3,(H,47,48). The molecule has 6 aromatic rings. The number of ether oxygens (including phenoxy) is 8. The number of carboxylic acid groups (broad SMARTS) is 1. The topological polar surface area (TPSA) is 119 Å². The minimum Gasteiger partial charge on any atom is -0.486 e. The highest BCUT2D eigenvalue weighted by molar-refractivity contribution is 7.30. The van der Waals surface area contributed by atoms with Crippen molar-refractivity contribution in [2.45, 2.75) is 19.8 Å². The molecule has 0 fully saturated rings. The number of hydrogen-bond acceptors (Lipinski definition) is 14. The van der Waals surface area contributed by atoms with Crippen LogP contribution in [0.1, 0.15) is 22.9 Å². The maximum atomic E-state index is 11.8. The molecule has 0 spiro atoms. The summed E-state index contributed by atoms with van der Waals surface area (Å²) in [6.07, 6.45) is 3.22. The lowest BCUT2D eigenvalue weighted by atomic mass is 10.0. The smallest absolute Gasteiger partial charge is 0.333 e. The molecule has 60 heavy (non-hydrogen) atoms. The second-order valence-corrected chi connectivity index (χ2v) is 18.3. The van der Waals surface area contributed by atoms with Gasteiger partial charge in [0.25, 0.3) is 5.70 Å². The molecular formula is C44H34N2O10S4. The highest BCUT2D eigenvalue weighted by atomic mass is 32.1. The predicted octanol–water partition coefficient (Wildman–Crippen LogP) is 10.3. The van der Waals surface area contributed by atoms with Crippen LogP contribution in [0.3, 0.4) is 0 Å². The number of benzene rings is 2. The van der Waals surface area contributed by atoms with E-state index >= 15 is 0 Å². The molecule has 16 heteroatoms. The van der Waals surface area contributed by atoms with Gasteiger partial charge in [-0.3, -0.25) is 4.79 Å². The van der Waals surface area contributed by atoms with E-state index in [-0.39, 0.29) is 0 Å². The molecule has 9 heterocycles. The van der Waals surface area contributed by atoms with Crippen LogP contribution in [-0.4, -0.2) is 70.5 Å². The molecule has 0 radical (unpaired) electrons. The number of aryl methyl sites for hydroxylation is 2. The Balaban J connectivity index is 1.03. The van der Waals surface area contributed by atoms with Gasteiger partial charge in [-0.2, -0.15) is 0 Å². The second kappa shape index (κ2) is 15.0. The molecule has 1 N–H and O–H groups in total. The van der Waals surface area contributed by atoms with Gasteiger partial charge in [0.05, 0.1) is 45.6 Å². The summed E-state index contributed by atoms with van der Waals surface area (Å²) < 4.78 is 50.6. The third kappa shape index (κ3) is 5.97. The number of anilines is 2. The molecular weight excluding hydrogens is 845 g/mol. The van der Waals surface area contributed by atoms with Gasteiger partial charge in [-0.1, -0.05) is 24.3 Å².